The largest absolute Gasteiger partial charge is 0.481 e. The van der Waals surface area contributed by atoms with Crippen LogP contribution in [0.25, 0.3) is 0 Å². The molecule has 138 valence electrons. The molecule has 2 aliphatic rings. The molecule has 2 heterocycles. The molecule has 1 aromatic heterocycles. The van der Waals surface area contributed by atoms with Gasteiger partial charge in [-0.3, -0.25) is 9.48 Å². The summed E-state index contributed by atoms with van der Waals surface area (Å²) in [6, 6.07) is 1.50. The van der Waals surface area contributed by atoms with Crippen LogP contribution in [-0.2, 0) is 9.53 Å². The van der Waals surface area contributed by atoms with Gasteiger partial charge in [0.15, 0.2) is 0 Å². The van der Waals surface area contributed by atoms with Crippen LogP contribution < -0.4 is 5.32 Å². The van der Waals surface area contributed by atoms with Gasteiger partial charge in [0.2, 0.25) is 0 Å². The number of urea groups is 1. The molecule has 1 saturated carbocycles. The normalized spacial score (nSPS) is 29.3. The molecule has 0 spiro atoms. The first-order valence-corrected chi connectivity index (χ1v) is 8.70. The lowest BCUT2D eigenvalue weighted by Gasteiger charge is -2.47. The van der Waals surface area contributed by atoms with E-state index < -0.39 is 11.9 Å². The van der Waals surface area contributed by atoms with Gasteiger partial charge in [-0.25, -0.2) is 4.79 Å². The molecule has 2 amide bonds. The fourth-order valence-corrected chi connectivity index (χ4v) is 3.52. The Kier molecular flexibility index (Phi) is 4.73. The third-order valence-electron chi connectivity index (χ3n) is 4.75. The Balaban J connectivity index is 1.62. The maximum absolute atomic E-state index is 12.5. The number of nitrogens with one attached hydrogen (secondary N) is 1. The Bertz CT molecular complexity index is 625. The maximum Gasteiger partial charge on any atom is 0.317 e. The van der Waals surface area contributed by atoms with Crippen molar-refractivity contribution in [2.45, 2.75) is 57.4 Å². The van der Waals surface area contributed by atoms with Gasteiger partial charge in [-0.05, 0) is 39.7 Å². The van der Waals surface area contributed by atoms with E-state index in [4.69, 9.17) is 9.84 Å². The molecule has 2 N–H and O–H groups in total. The van der Waals surface area contributed by atoms with E-state index in [1.165, 1.54) is 0 Å². The first-order valence-electron chi connectivity index (χ1n) is 8.70. The Morgan fingerprint density at radius 3 is 2.68 bits per heavy atom. The van der Waals surface area contributed by atoms with Gasteiger partial charge in [0.1, 0.15) is 0 Å². The van der Waals surface area contributed by atoms with Crippen LogP contribution in [0.4, 0.5) is 4.79 Å². The summed E-state index contributed by atoms with van der Waals surface area (Å²) in [5, 5.41) is 16.4. The monoisotopic (exact) mass is 350 g/mol. The number of amides is 2. The van der Waals surface area contributed by atoms with Gasteiger partial charge in [0.05, 0.1) is 29.7 Å². The van der Waals surface area contributed by atoms with E-state index in [1.54, 1.807) is 11.1 Å². The van der Waals surface area contributed by atoms with Gasteiger partial charge in [0, 0.05) is 25.5 Å². The average molecular weight is 350 g/mol. The minimum Gasteiger partial charge on any atom is -0.481 e. The second-order valence-electron chi connectivity index (χ2n) is 7.81. The number of ether oxygens (including phenoxy) is 1. The molecule has 25 heavy (non-hydrogen) atoms. The number of likely N-dealkylation sites (tertiary alicyclic amines) is 1. The average Bonchev–Trinajstić information content (AvgIpc) is 3.15. The van der Waals surface area contributed by atoms with E-state index in [1.807, 2.05) is 37.7 Å². The molecular formula is C17H26N4O4. The van der Waals surface area contributed by atoms with E-state index in [2.05, 4.69) is 10.4 Å². The SMILES string of the molecule is CC(C)(C)OC1CC(NC(=O)N2CCC(C(=O)O)C2)C1n1cccn1. The van der Waals surface area contributed by atoms with Gasteiger partial charge in [-0.2, -0.15) is 5.10 Å². The van der Waals surface area contributed by atoms with Crippen molar-refractivity contribution in [3.05, 3.63) is 18.5 Å². The predicted octanol–water partition coefficient (Wildman–Crippen LogP) is 1.50. The lowest BCUT2D eigenvalue weighted by atomic mass is 9.82. The summed E-state index contributed by atoms with van der Waals surface area (Å²) >= 11 is 0. The number of carbonyl (C=O) groups is 2. The summed E-state index contributed by atoms with van der Waals surface area (Å²) in [7, 11) is 0. The topological polar surface area (TPSA) is 96.7 Å². The second kappa shape index (κ2) is 6.67. The zero-order valence-corrected chi connectivity index (χ0v) is 14.9. The molecule has 1 aliphatic heterocycles. The first kappa shape index (κ1) is 17.7. The van der Waals surface area contributed by atoms with Crippen LogP contribution in [-0.4, -0.2) is 62.6 Å². The summed E-state index contributed by atoms with van der Waals surface area (Å²) in [6.45, 7) is 6.77. The molecule has 0 aromatic carbocycles. The zero-order valence-electron chi connectivity index (χ0n) is 14.9. The highest BCUT2D eigenvalue weighted by Gasteiger charge is 2.47. The van der Waals surface area contributed by atoms with Gasteiger partial charge >= 0.3 is 12.0 Å². The van der Waals surface area contributed by atoms with Crippen LogP contribution in [0.15, 0.2) is 18.5 Å². The third-order valence-corrected chi connectivity index (χ3v) is 4.75. The quantitative estimate of drug-likeness (QED) is 0.858. The van der Waals surface area contributed by atoms with Crippen molar-refractivity contribution in [3.63, 3.8) is 0 Å². The predicted molar refractivity (Wildman–Crippen MR) is 90.1 cm³/mol. The van der Waals surface area contributed by atoms with Gasteiger partial charge in [-0.1, -0.05) is 0 Å². The minimum absolute atomic E-state index is 0.0180. The number of rotatable bonds is 4. The summed E-state index contributed by atoms with van der Waals surface area (Å²) in [5.41, 5.74) is -0.269. The number of aromatic nitrogens is 2. The maximum atomic E-state index is 12.5. The lowest BCUT2D eigenvalue weighted by molar-refractivity contribution is -0.141. The molecule has 0 radical (unpaired) electrons. The summed E-state index contributed by atoms with van der Waals surface area (Å²) in [5.74, 6) is -1.31. The minimum atomic E-state index is -0.841. The second-order valence-corrected chi connectivity index (χ2v) is 7.81. The number of aliphatic carboxylic acids is 1. The standard InChI is InChI=1S/C17H26N4O4/c1-17(2,3)25-13-9-12(14(13)21-7-4-6-18-21)19-16(24)20-8-5-11(10-20)15(22)23/h4,6-7,11-14H,5,8-10H2,1-3H3,(H,19,24)(H,22,23). The number of carbonyl (C=O) groups excluding carboxylic acids is 1. The van der Waals surface area contributed by atoms with Crippen LogP contribution in [0, 0.1) is 5.92 Å². The fourth-order valence-electron chi connectivity index (χ4n) is 3.52. The van der Waals surface area contributed by atoms with Crippen molar-refractivity contribution in [2.75, 3.05) is 13.1 Å². The summed E-state index contributed by atoms with van der Waals surface area (Å²) < 4.78 is 7.92. The van der Waals surface area contributed by atoms with Gasteiger partial charge in [-0.15, -0.1) is 0 Å². The third kappa shape index (κ3) is 3.95. The van der Waals surface area contributed by atoms with Crippen molar-refractivity contribution >= 4 is 12.0 Å². The highest BCUT2D eigenvalue weighted by Crippen LogP contribution is 2.37. The van der Waals surface area contributed by atoms with Crippen LogP contribution in [0.3, 0.4) is 0 Å². The Morgan fingerprint density at radius 2 is 2.12 bits per heavy atom. The molecule has 1 saturated heterocycles. The van der Waals surface area contributed by atoms with Crippen LogP contribution in [0.2, 0.25) is 0 Å². The Hall–Kier alpha value is -2.09. The van der Waals surface area contributed by atoms with Crippen molar-refractivity contribution in [3.8, 4) is 0 Å². The molecular weight excluding hydrogens is 324 g/mol. The van der Waals surface area contributed by atoms with Crippen molar-refractivity contribution in [1.82, 2.24) is 20.0 Å². The van der Waals surface area contributed by atoms with E-state index in [0.717, 1.165) is 0 Å². The van der Waals surface area contributed by atoms with Crippen molar-refractivity contribution < 1.29 is 19.4 Å². The fraction of sp³-hybridized carbons (Fsp3) is 0.706. The molecule has 1 aliphatic carbocycles. The van der Waals surface area contributed by atoms with E-state index in [0.29, 0.717) is 19.4 Å². The van der Waals surface area contributed by atoms with Crippen LogP contribution in [0.1, 0.15) is 39.7 Å². The summed E-state index contributed by atoms with van der Waals surface area (Å²) in [4.78, 5) is 25.1. The molecule has 0 bridgehead atoms. The van der Waals surface area contributed by atoms with Crippen LogP contribution >= 0.6 is 0 Å². The zero-order chi connectivity index (χ0) is 18.2. The van der Waals surface area contributed by atoms with Crippen molar-refractivity contribution in [2.24, 2.45) is 5.92 Å². The molecule has 2 fully saturated rings. The first-order chi connectivity index (χ1) is 11.7. The number of hydrogen-bond donors (Lipinski definition) is 2. The highest BCUT2D eigenvalue weighted by molar-refractivity contribution is 5.77. The molecule has 8 heteroatoms. The lowest BCUT2D eigenvalue weighted by Crippen LogP contribution is -2.60. The van der Waals surface area contributed by atoms with Gasteiger partial charge < -0.3 is 20.1 Å². The van der Waals surface area contributed by atoms with Gasteiger partial charge in [0.25, 0.3) is 0 Å². The van der Waals surface area contributed by atoms with E-state index in [-0.39, 0.29) is 36.4 Å². The molecule has 3 rings (SSSR count). The number of carboxylic acid groups (broad SMARTS) is 1. The Labute approximate surface area is 147 Å². The number of hydrogen-bond acceptors (Lipinski definition) is 4. The van der Waals surface area contributed by atoms with Crippen molar-refractivity contribution in [1.29, 1.82) is 0 Å². The number of carboxylic acids is 1. The number of nitrogens with zero attached hydrogens (tertiary/aromatic N) is 3. The summed E-state index contributed by atoms with van der Waals surface area (Å²) in [6.07, 6.45) is 4.78. The molecule has 4 unspecified atom stereocenters. The highest BCUT2D eigenvalue weighted by atomic mass is 16.5. The van der Waals surface area contributed by atoms with E-state index in [9.17, 15) is 9.59 Å². The smallest absolute Gasteiger partial charge is 0.317 e. The molecule has 8 nitrogen and oxygen atoms in total. The van der Waals surface area contributed by atoms with Crippen LogP contribution in [0.5, 0.6) is 0 Å². The van der Waals surface area contributed by atoms with E-state index >= 15 is 0 Å². The Morgan fingerprint density at radius 1 is 1.36 bits per heavy atom. The molecule has 4 atom stereocenters. The molecule has 1 aromatic rings.